The van der Waals surface area contributed by atoms with E-state index in [1.165, 1.54) is 0 Å². The number of rotatable bonds is 2. The first-order valence-corrected chi connectivity index (χ1v) is 5.90. The lowest BCUT2D eigenvalue weighted by Crippen LogP contribution is -2.34. The Bertz CT molecular complexity index is 548. The van der Waals surface area contributed by atoms with E-state index in [-0.39, 0.29) is 12.0 Å². The number of hydrogen-bond acceptors (Lipinski definition) is 5. The third-order valence-corrected chi connectivity index (χ3v) is 3.35. The minimum Gasteiger partial charge on any atom is -0.481 e. The summed E-state index contributed by atoms with van der Waals surface area (Å²) in [4.78, 5) is 11.0. The number of nitrogens with zero attached hydrogens (tertiary/aromatic N) is 2. The fourth-order valence-corrected chi connectivity index (χ4v) is 2.35. The molecule has 0 aromatic carbocycles. The number of fused-ring (bicyclic) bond motifs is 1. The molecule has 2 N–H and O–H groups in total. The summed E-state index contributed by atoms with van der Waals surface area (Å²) in [6.07, 6.45) is 4.42. The molecule has 6 nitrogen and oxygen atoms in total. The van der Waals surface area contributed by atoms with Gasteiger partial charge in [-0.25, -0.2) is 0 Å². The van der Waals surface area contributed by atoms with Crippen molar-refractivity contribution in [1.82, 2.24) is 15.5 Å². The van der Waals surface area contributed by atoms with Crippen LogP contribution in [0.25, 0.3) is 11.0 Å². The van der Waals surface area contributed by atoms with Gasteiger partial charge in [-0.2, -0.15) is 10.2 Å². The van der Waals surface area contributed by atoms with Crippen molar-refractivity contribution in [1.29, 1.82) is 0 Å². The molecule has 2 atom stereocenters. The molecule has 1 aliphatic heterocycles. The first-order valence-electron chi connectivity index (χ1n) is 5.90. The number of hydrogen-bond donors (Lipinski definition) is 2. The van der Waals surface area contributed by atoms with Gasteiger partial charge in [0.05, 0.1) is 24.4 Å². The van der Waals surface area contributed by atoms with Crippen LogP contribution in [0.2, 0.25) is 0 Å². The summed E-state index contributed by atoms with van der Waals surface area (Å²) in [7, 11) is 0. The zero-order valence-corrected chi connectivity index (χ0v) is 9.67. The van der Waals surface area contributed by atoms with Gasteiger partial charge in [0, 0.05) is 5.39 Å². The van der Waals surface area contributed by atoms with Crippen LogP contribution in [-0.4, -0.2) is 27.8 Å². The van der Waals surface area contributed by atoms with Gasteiger partial charge in [0.1, 0.15) is 5.76 Å². The van der Waals surface area contributed by atoms with E-state index in [0.29, 0.717) is 25.0 Å². The number of aliphatic carboxylic acids is 1. The van der Waals surface area contributed by atoms with Gasteiger partial charge in [0.2, 0.25) is 0 Å². The predicted octanol–water partition coefficient (Wildman–Crippen LogP) is 1.35. The van der Waals surface area contributed by atoms with Crippen LogP contribution in [0, 0.1) is 5.92 Å². The Kier molecular flexibility index (Phi) is 2.71. The van der Waals surface area contributed by atoms with Crippen molar-refractivity contribution in [2.24, 2.45) is 5.92 Å². The van der Waals surface area contributed by atoms with Gasteiger partial charge in [-0.1, -0.05) is 0 Å². The molecule has 1 fully saturated rings. The average Bonchev–Trinajstić information content (AvgIpc) is 2.82. The molecule has 0 spiro atoms. The Morgan fingerprint density at radius 3 is 3.06 bits per heavy atom. The van der Waals surface area contributed by atoms with E-state index in [9.17, 15) is 4.79 Å². The van der Waals surface area contributed by atoms with E-state index < -0.39 is 5.97 Å². The molecule has 0 radical (unpaired) electrons. The molecule has 2 aromatic rings. The van der Waals surface area contributed by atoms with Gasteiger partial charge in [-0.3, -0.25) is 4.79 Å². The third kappa shape index (κ3) is 1.95. The normalized spacial score (nSPS) is 24.2. The molecule has 0 saturated carbocycles. The Labute approximate surface area is 103 Å². The van der Waals surface area contributed by atoms with Crippen LogP contribution in [-0.2, 0) is 4.79 Å². The molecule has 1 aliphatic rings. The van der Waals surface area contributed by atoms with Gasteiger partial charge in [0.25, 0.3) is 0 Å². The maximum atomic E-state index is 11.0. The molecule has 2 unspecified atom stereocenters. The number of carboxylic acids is 1. The number of piperidine rings is 1. The molecule has 3 heterocycles. The molecule has 3 rings (SSSR count). The molecular formula is C12H13N3O3. The molecule has 18 heavy (non-hydrogen) atoms. The minimum absolute atomic E-state index is 0.0488. The molecule has 2 aromatic heterocycles. The van der Waals surface area contributed by atoms with Crippen LogP contribution in [0.4, 0.5) is 0 Å². The van der Waals surface area contributed by atoms with Crippen LogP contribution >= 0.6 is 0 Å². The number of furan rings is 1. The van der Waals surface area contributed by atoms with E-state index in [1.54, 1.807) is 12.4 Å². The lowest BCUT2D eigenvalue weighted by atomic mass is 9.91. The molecule has 6 heteroatoms. The smallest absolute Gasteiger partial charge is 0.306 e. The highest BCUT2D eigenvalue weighted by Crippen LogP contribution is 2.30. The molecule has 94 valence electrons. The average molecular weight is 247 g/mol. The topological polar surface area (TPSA) is 88.2 Å². The van der Waals surface area contributed by atoms with E-state index >= 15 is 0 Å². The van der Waals surface area contributed by atoms with Crippen LogP contribution in [0.1, 0.15) is 24.6 Å². The highest BCUT2D eigenvalue weighted by Gasteiger charge is 2.29. The van der Waals surface area contributed by atoms with E-state index in [2.05, 4.69) is 15.5 Å². The second-order valence-corrected chi connectivity index (χ2v) is 4.52. The zero-order chi connectivity index (χ0) is 12.5. The Balaban J connectivity index is 1.87. The van der Waals surface area contributed by atoms with Crippen molar-refractivity contribution >= 4 is 16.9 Å². The summed E-state index contributed by atoms with van der Waals surface area (Å²) in [6, 6.07) is 1.85. The van der Waals surface area contributed by atoms with Gasteiger partial charge >= 0.3 is 5.97 Å². The van der Waals surface area contributed by atoms with Crippen molar-refractivity contribution in [3.63, 3.8) is 0 Å². The largest absolute Gasteiger partial charge is 0.481 e. The zero-order valence-electron chi connectivity index (χ0n) is 9.67. The Morgan fingerprint density at radius 1 is 1.44 bits per heavy atom. The molecule has 0 bridgehead atoms. The molecule has 1 saturated heterocycles. The summed E-state index contributed by atoms with van der Waals surface area (Å²) in [5.41, 5.74) is 0.680. The predicted molar refractivity (Wildman–Crippen MR) is 62.9 cm³/mol. The second kappa shape index (κ2) is 4.38. The van der Waals surface area contributed by atoms with Crippen LogP contribution in [0.15, 0.2) is 22.9 Å². The fourth-order valence-electron chi connectivity index (χ4n) is 2.35. The summed E-state index contributed by atoms with van der Waals surface area (Å²) in [5, 5.41) is 20.8. The Hall–Kier alpha value is -1.95. The number of carboxylic acid groups (broad SMARTS) is 1. The minimum atomic E-state index is -0.735. The summed E-state index contributed by atoms with van der Waals surface area (Å²) in [6.45, 7) is 0.690. The first-order chi connectivity index (χ1) is 8.74. The van der Waals surface area contributed by atoms with Gasteiger partial charge in [-0.05, 0) is 25.5 Å². The van der Waals surface area contributed by atoms with Crippen molar-refractivity contribution in [2.45, 2.75) is 18.9 Å². The van der Waals surface area contributed by atoms with Crippen molar-refractivity contribution in [3.8, 4) is 0 Å². The van der Waals surface area contributed by atoms with E-state index in [0.717, 1.165) is 11.1 Å². The van der Waals surface area contributed by atoms with Crippen LogP contribution in [0.3, 0.4) is 0 Å². The second-order valence-electron chi connectivity index (χ2n) is 4.52. The number of carbonyl (C=O) groups is 1. The van der Waals surface area contributed by atoms with E-state index in [4.69, 9.17) is 9.52 Å². The van der Waals surface area contributed by atoms with Gasteiger partial charge < -0.3 is 14.8 Å². The third-order valence-electron chi connectivity index (χ3n) is 3.35. The molecule has 0 amide bonds. The maximum absolute atomic E-state index is 11.0. The van der Waals surface area contributed by atoms with Crippen molar-refractivity contribution in [3.05, 3.63) is 24.2 Å². The van der Waals surface area contributed by atoms with E-state index in [1.807, 2.05) is 6.07 Å². The lowest BCUT2D eigenvalue weighted by Gasteiger charge is -2.26. The maximum Gasteiger partial charge on any atom is 0.306 e. The van der Waals surface area contributed by atoms with Crippen molar-refractivity contribution in [2.75, 3.05) is 6.54 Å². The first kappa shape index (κ1) is 11.2. The Morgan fingerprint density at radius 2 is 2.28 bits per heavy atom. The summed E-state index contributed by atoms with van der Waals surface area (Å²) in [5.74, 6) is -0.285. The monoisotopic (exact) mass is 247 g/mol. The number of aromatic nitrogens is 2. The SMILES string of the molecule is O=C(O)C1CCNC(c2cc3cnncc3o2)C1. The van der Waals surface area contributed by atoms with Crippen LogP contribution in [0.5, 0.6) is 0 Å². The summed E-state index contributed by atoms with van der Waals surface area (Å²) < 4.78 is 5.68. The highest BCUT2D eigenvalue weighted by atomic mass is 16.4. The van der Waals surface area contributed by atoms with Gasteiger partial charge in [0.15, 0.2) is 5.58 Å². The molecular weight excluding hydrogens is 234 g/mol. The summed E-state index contributed by atoms with van der Waals surface area (Å²) >= 11 is 0. The quantitative estimate of drug-likeness (QED) is 0.832. The standard InChI is InChI=1S/C12H13N3O3/c16-12(17)7-1-2-13-9(3-7)10-4-8-5-14-15-6-11(8)18-10/h4-7,9,13H,1-3H2,(H,16,17). The van der Waals surface area contributed by atoms with Crippen molar-refractivity contribution < 1.29 is 14.3 Å². The molecule has 0 aliphatic carbocycles. The number of nitrogens with one attached hydrogen (secondary N) is 1. The fraction of sp³-hybridized carbons (Fsp3) is 0.417. The van der Waals surface area contributed by atoms with Gasteiger partial charge in [-0.15, -0.1) is 0 Å². The van der Waals surface area contributed by atoms with Crippen LogP contribution < -0.4 is 5.32 Å². The lowest BCUT2D eigenvalue weighted by molar-refractivity contribution is -0.143. The highest BCUT2D eigenvalue weighted by molar-refractivity contribution is 5.76.